The summed E-state index contributed by atoms with van der Waals surface area (Å²) in [6, 6.07) is 9.70. The second-order valence-electron chi connectivity index (χ2n) is 4.30. The van der Waals surface area contributed by atoms with E-state index in [0.717, 1.165) is 5.56 Å². The first-order chi connectivity index (χ1) is 8.62. The molecule has 0 spiro atoms. The maximum absolute atomic E-state index is 14.0. The van der Waals surface area contributed by atoms with Crippen molar-refractivity contribution >= 4 is 0 Å². The van der Waals surface area contributed by atoms with Crippen LogP contribution >= 0.6 is 0 Å². The molecule has 1 aromatic carbocycles. The van der Waals surface area contributed by atoms with Crippen LogP contribution < -0.4 is 5.73 Å². The number of benzene rings is 1. The largest absolute Gasteiger partial charge is 0.348 e. The standard InChI is InChI=1S/C14H16F2N2/c15-14(16,13-4-2-1-3-5-13)11-18-9-7-12(10-18)6-8-17/h1-5,7,9-10H,6,8,11,17H2. The molecule has 1 heterocycles. The maximum Gasteiger partial charge on any atom is 0.290 e. The summed E-state index contributed by atoms with van der Waals surface area (Å²) in [5.41, 5.74) is 6.46. The van der Waals surface area contributed by atoms with Gasteiger partial charge in [-0.2, -0.15) is 8.78 Å². The van der Waals surface area contributed by atoms with E-state index in [2.05, 4.69) is 0 Å². The van der Waals surface area contributed by atoms with Crippen molar-refractivity contribution in [3.63, 3.8) is 0 Å². The zero-order valence-corrected chi connectivity index (χ0v) is 10.0. The van der Waals surface area contributed by atoms with Gasteiger partial charge in [0.25, 0.3) is 5.92 Å². The van der Waals surface area contributed by atoms with E-state index in [4.69, 9.17) is 5.73 Å². The second-order valence-corrected chi connectivity index (χ2v) is 4.30. The van der Waals surface area contributed by atoms with E-state index in [1.807, 2.05) is 6.07 Å². The van der Waals surface area contributed by atoms with Crippen molar-refractivity contribution in [2.24, 2.45) is 5.73 Å². The van der Waals surface area contributed by atoms with Gasteiger partial charge in [0, 0.05) is 18.0 Å². The third-order valence-corrected chi connectivity index (χ3v) is 2.82. The van der Waals surface area contributed by atoms with Crippen LogP contribution in [0.1, 0.15) is 11.1 Å². The molecule has 0 fully saturated rings. The SMILES string of the molecule is NCCc1ccn(CC(F)(F)c2ccccc2)c1. The van der Waals surface area contributed by atoms with Gasteiger partial charge in [0.1, 0.15) is 0 Å². The van der Waals surface area contributed by atoms with Crippen LogP contribution in [0.25, 0.3) is 0 Å². The van der Waals surface area contributed by atoms with Gasteiger partial charge in [0.2, 0.25) is 0 Å². The minimum atomic E-state index is -2.86. The van der Waals surface area contributed by atoms with Crippen LogP contribution in [-0.4, -0.2) is 11.1 Å². The van der Waals surface area contributed by atoms with Gasteiger partial charge in [0.05, 0.1) is 6.54 Å². The molecule has 0 radical (unpaired) electrons. The molecular formula is C14H16F2N2. The summed E-state index contributed by atoms with van der Waals surface area (Å²) in [7, 11) is 0. The van der Waals surface area contributed by atoms with Gasteiger partial charge in [-0.05, 0) is 24.6 Å². The number of hydrogen-bond donors (Lipinski definition) is 1. The highest BCUT2D eigenvalue weighted by molar-refractivity contribution is 5.20. The minimum Gasteiger partial charge on any atom is -0.348 e. The van der Waals surface area contributed by atoms with Crippen LogP contribution in [0.15, 0.2) is 48.8 Å². The highest BCUT2D eigenvalue weighted by Crippen LogP contribution is 2.29. The fourth-order valence-corrected chi connectivity index (χ4v) is 1.91. The average molecular weight is 250 g/mol. The average Bonchev–Trinajstić information content (AvgIpc) is 2.77. The van der Waals surface area contributed by atoms with Crippen LogP contribution in [0.5, 0.6) is 0 Å². The summed E-state index contributed by atoms with van der Waals surface area (Å²) in [5, 5.41) is 0. The summed E-state index contributed by atoms with van der Waals surface area (Å²) in [5.74, 6) is -2.86. The Balaban J connectivity index is 2.12. The Morgan fingerprint density at radius 2 is 1.83 bits per heavy atom. The number of aromatic nitrogens is 1. The first-order valence-electron chi connectivity index (χ1n) is 5.90. The highest BCUT2D eigenvalue weighted by atomic mass is 19.3. The molecule has 96 valence electrons. The van der Waals surface area contributed by atoms with Gasteiger partial charge in [-0.1, -0.05) is 30.3 Å². The molecule has 1 aromatic heterocycles. The van der Waals surface area contributed by atoms with Crippen LogP contribution in [-0.2, 0) is 18.9 Å². The Morgan fingerprint density at radius 3 is 2.50 bits per heavy atom. The van der Waals surface area contributed by atoms with E-state index in [1.54, 1.807) is 30.6 Å². The zero-order valence-electron chi connectivity index (χ0n) is 10.0. The highest BCUT2D eigenvalue weighted by Gasteiger charge is 2.31. The molecule has 0 saturated heterocycles. The molecule has 0 atom stereocenters. The van der Waals surface area contributed by atoms with Crippen LogP contribution in [0, 0.1) is 0 Å². The molecule has 0 amide bonds. The Hall–Kier alpha value is -1.68. The number of halogens is 2. The Labute approximate surface area is 105 Å². The summed E-state index contributed by atoms with van der Waals surface area (Å²) < 4.78 is 29.5. The van der Waals surface area contributed by atoms with E-state index in [1.165, 1.54) is 16.7 Å². The van der Waals surface area contributed by atoms with E-state index in [9.17, 15) is 8.78 Å². The monoisotopic (exact) mass is 250 g/mol. The van der Waals surface area contributed by atoms with Crippen molar-refractivity contribution in [3.8, 4) is 0 Å². The van der Waals surface area contributed by atoms with Crippen molar-refractivity contribution < 1.29 is 8.78 Å². The van der Waals surface area contributed by atoms with Crippen molar-refractivity contribution in [2.75, 3.05) is 6.54 Å². The van der Waals surface area contributed by atoms with Crippen LogP contribution in [0.2, 0.25) is 0 Å². The van der Waals surface area contributed by atoms with Crippen molar-refractivity contribution in [1.29, 1.82) is 0 Å². The Kier molecular flexibility index (Phi) is 3.77. The lowest BCUT2D eigenvalue weighted by molar-refractivity contribution is -0.0221. The van der Waals surface area contributed by atoms with E-state index < -0.39 is 5.92 Å². The fourth-order valence-electron chi connectivity index (χ4n) is 1.91. The summed E-state index contributed by atoms with van der Waals surface area (Å²) in [6.45, 7) is 0.181. The van der Waals surface area contributed by atoms with Crippen LogP contribution in [0.4, 0.5) is 8.78 Å². The molecule has 0 aliphatic rings. The minimum absolute atomic E-state index is 0.0408. The summed E-state index contributed by atoms with van der Waals surface area (Å²) in [4.78, 5) is 0. The van der Waals surface area contributed by atoms with Gasteiger partial charge in [0.15, 0.2) is 0 Å². The van der Waals surface area contributed by atoms with Gasteiger partial charge in [-0.15, -0.1) is 0 Å². The molecule has 4 heteroatoms. The summed E-state index contributed by atoms with van der Waals surface area (Å²) >= 11 is 0. The van der Waals surface area contributed by atoms with Crippen molar-refractivity contribution in [2.45, 2.75) is 18.9 Å². The molecule has 0 aliphatic heterocycles. The fraction of sp³-hybridized carbons (Fsp3) is 0.286. The molecule has 2 nitrogen and oxygen atoms in total. The molecule has 0 saturated carbocycles. The quantitative estimate of drug-likeness (QED) is 0.869. The van der Waals surface area contributed by atoms with E-state index in [-0.39, 0.29) is 12.1 Å². The number of nitrogens with zero attached hydrogens (tertiary/aromatic N) is 1. The lowest BCUT2D eigenvalue weighted by atomic mass is 10.1. The Morgan fingerprint density at radius 1 is 1.11 bits per heavy atom. The number of hydrogen-bond acceptors (Lipinski definition) is 1. The third kappa shape index (κ3) is 2.96. The molecular weight excluding hydrogens is 234 g/mol. The topological polar surface area (TPSA) is 30.9 Å². The van der Waals surface area contributed by atoms with E-state index >= 15 is 0 Å². The lowest BCUT2D eigenvalue weighted by Gasteiger charge is -2.17. The van der Waals surface area contributed by atoms with Gasteiger partial charge in [-0.3, -0.25) is 0 Å². The van der Waals surface area contributed by atoms with Gasteiger partial charge >= 0.3 is 0 Å². The van der Waals surface area contributed by atoms with Crippen LogP contribution in [0.3, 0.4) is 0 Å². The van der Waals surface area contributed by atoms with E-state index in [0.29, 0.717) is 13.0 Å². The maximum atomic E-state index is 14.0. The normalized spacial score (nSPS) is 11.7. The van der Waals surface area contributed by atoms with Crippen molar-refractivity contribution in [1.82, 2.24) is 4.57 Å². The lowest BCUT2D eigenvalue weighted by Crippen LogP contribution is -2.20. The second kappa shape index (κ2) is 5.31. The number of alkyl halides is 2. The first-order valence-corrected chi connectivity index (χ1v) is 5.90. The predicted octanol–water partition coefficient (Wildman–Crippen LogP) is 2.78. The van der Waals surface area contributed by atoms with Gasteiger partial charge in [-0.25, -0.2) is 0 Å². The Bertz CT molecular complexity index is 492. The first kappa shape index (κ1) is 12.8. The smallest absolute Gasteiger partial charge is 0.290 e. The zero-order chi connectivity index (χ0) is 13.0. The number of rotatable bonds is 5. The number of nitrogens with two attached hydrogens (primary N) is 1. The molecule has 0 unspecified atom stereocenters. The molecule has 0 aliphatic carbocycles. The van der Waals surface area contributed by atoms with Crippen molar-refractivity contribution in [3.05, 3.63) is 59.9 Å². The molecule has 0 bridgehead atoms. The third-order valence-electron chi connectivity index (χ3n) is 2.82. The molecule has 2 rings (SSSR count). The molecule has 18 heavy (non-hydrogen) atoms. The summed E-state index contributed by atoms with van der Waals surface area (Å²) in [6.07, 6.45) is 4.11. The predicted molar refractivity (Wildman–Crippen MR) is 67.5 cm³/mol. The molecule has 2 N–H and O–H groups in total. The van der Waals surface area contributed by atoms with Gasteiger partial charge < -0.3 is 10.3 Å². The molecule has 2 aromatic rings.